The summed E-state index contributed by atoms with van der Waals surface area (Å²) in [5.41, 5.74) is 1.04. The van der Waals surface area contributed by atoms with Gasteiger partial charge < -0.3 is 10.4 Å². The van der Waals surface area contributed by atoms with Gasteiger partial charge >= 0.3 is 0 Å². The number of anilines is 1. The van der Waals surface area contributed by atoms with Gasteiger partial charge in [0.2, 0.25) is 5.91 Å². The largest absolute Gasteiger partial charge is 0.382 e. The molecule has 1 atom stereocenters. The fourth-order valence-corrected chi connectivity index (χ4v) is 1.90. The summed E-state index contributed by atoms with van der Waals surface area (Å²) in [6, 6.07) is 2.72. The quantitative estimate of drug-likeness (QED) is 0.841. The van der Waals surface area contributed by atoms with E-state index in [0.717, 1.165) is 0 Å². The molecule has 1 aliphatic heterocycles. The van der Waals surface area contributed by atoms with Crippen molar-refractivity contribution in [3.05, 3.63) is 28.3 Å². The standard InChI is InChI=1S/C10H8ClF2NO2/c11-6-3-7-4(2-8(15)14-7)1-5(6)9(16)10(12)13/h1,3,9-10,16H,2H2,(H,14,15). The SMILES string of the molecule is O=C1Cc2cc(C(O)C(F)F)c(Cl)cc2N1. The summed E-state index contributed by atoms with van der Waals surface area (Å²) in [5, 5.41) is 11.8. The van der Waals surface area contributed by atoms with Crippen molar-refractivity contribution < 1.29 is 18.7 Å². The number of carbonyl (C=O) groups excluding carboxylic acids is 1. The first-order valence-corrected chi connectivity index (χ1v) is 4.95. The summed E-state index contributed by atoms with van der Waals surface area (Å²) in [6.45, 7) is 0. The highest BCUT2D eigenvalue weighted by atomic mass is 35.5. The third-order valence-electron chi connectivity index (χ3n) is 2.40. The molecule has 1 aliphatic rings. The third-order valence-corrected chi connectivity index (χ3v) is 2.73. The van der Waals surface area contributed by atoms with Gasteiger partial charge in [-0.05, 0) is 17.7 Å². The topological polar surface area (TPSA) is 49.3 Å². The number of fused-ring (bicyclic) bond motifs is 1. The molecule has 6 heteroatoms. The normalized spacial score (nSPS) is 16.2. The molecule has 0 aromatic heterocycles. The van der Waals surface area contributed by atoms with Crippen LogP contribution in [0.5, 0.6) is 0 Å². The Bertz CT molecular complexity index is 451. The zero-order chi connectivity index (χ0) is 11.9. The van der Waals surface area contributed by atoms with Crippen molar-refractivity contribution in [3.8, 4) is 0 Å². The molecule has 1 unspecified atom stereocenters. The van der Waals surface area contributed by atoms with Crippen LogP contribution in [0.4, 0.5) is 14.5 Å². The molecule has 0 radical (unpaired) electrons. The Balaban J connectivity index is 2.42. The van der Waals surface area contributed by atoms with Gasteiger partial charge in [0.05, 0.1) is 6.42 Å². The second-order valence-electron chi connectivity index (χ2n) is 3.54. The Hall–Kier alpha value is -1.20. The van der Waals surface area contributed by atoms with Crippen LogP contribution < -0.4 is 5.32 Å². The fourth-order valence-electron chi connectivity index (χ4n) is 1.63. The molecule has 1 aromatic carbocycles. The number of alkyl halides is 2. The van der Waals surface area contributed by atoms with Crippen molar-refractivity contribution in [2.75, 3.05) is 5.32 Å². The Morgan fingerprint density at radius 2 is 2.12 bits per heavy atom. The fraction of sp³-hybridized carbons (Fsp3) is 0.300. The van der Waals surface area contributed by atoms with Crippen molar-refractivity contribution in [2.24, 2.45) is 0 Å². The highest BCUT2D eigenvalue weighted by Crippen LogP contribution is 2.34. The Morgan fingerprint density at radius 1 is 1.44 bits per heavy atom. The van der Waals surface area contributed by atoms with Gasteiger partial charge in [0.25, 0.3) is 6.43 Å². The number of hydrogen-bond acceptors (Lipinski definition) is 2. The van der Waals surface area contributed by atoms with E-state index in [2.05, 4.69) is 5.32 Å². The van der Waals surface area contributed by atoms with Crippen LogP contribution in [-0.4, -0.2) is 17.4 Å². The molecule has 16 heavy (non-hydrogen) atoms. The van der Waals surface area contributed by atoms with Gasteiger partial charge in [-0.25, -0.2) is 8.78 Å². The predicted molar refractivity (Wildman–Crippen MR) is 54.7 cm³/mol. The first-order valence-electron chi connectivity index (χ1n) is 4.57. The molecule has 0 spiro atoms. The van der Waals surface area contributed by atoms with Crippen LogP contribution in [0.25, 0.3) is 0 Å². The van der Waals surface area contributed by atoms with Crippen molar-refractivity contribution >= 4 is 23.2 Å². The van der Waals surface area contributed by atoms with E-state index in [1.54, 1.807) is 0 Å². The van der Waals surface area contributed by atoms with Gasteiger partial charge in [-0.3, -0.25) is 4.79 Å². The highest BCUT2D eigenvalue weighted by Gasteiger charge is 2.26. The molecule has 0 saturated heterocycles. The number of nitrogens with one attached hydrogen (secondary N) is 1. The lowest BCUT2D eigenvalue weighted by molar-refractivity contribution is -0.115. The Labute approximate surface area is 95.0 Å². The predicted octanol–water partition coefficient (Wildman–Crippen LogP) is 2.13. The van der Waals surface area contributed by atoms with E-state index in [-0.39, 0.29) is 22.9 Å². The second kappa shape index (κ2) is 3.99. The minimum atomic E-state index is -2.90. The number of aliphatic hydroxyl groups excluding tert-OH is 1. The van der Waals surface area contributed by atoms with E-state index in [1.807, 2.05) is 0 Å². The van der Waals surface area contributed by atoms with E-state index in [0.29, 0.717) is 11.3 Å². The molecule has 86 valence electrons. The van der Waals surface area contributed by atoms with Crippen LogP contribution in [0, 0.1) is 0 Å². The van der Waals surface area contributed by atoms with E-state index >= 15 is 0 Å². The lowest BCUT2D eigenvalue weighted by atomic mass is 10.0. The van der Waals surface area contributed by atoms with Crippen molar-refractivity contribution in [2.45, 2.75) is 19.0 Å². The van der Waals surface area contributed by atoms with Gasteiger partial charge in [-0.15, -0.1) is 0 Å². The molecule has 0 aliphatic carbocycles. The molecule has 0 fully saturated rings. The van der Waals surface area contributed by atoms with Crippen LogP contribution in [0.15, 0.2) is 12.1 Å². The minimum absolute atomic E-state index is 0.0220. The Morgan fingerprint density at radius 3 is 2.75 bits per heavy atom. The van der Waals surface area contributed by atoms with E-state index < -0.39 is 12.5 Å². The van der Waals surface area contributed by atoms with Crippen LogP contribution in [0.2, 0.25) is 5.02 Å². The first-order chi connectivity index (χ1) is 7.49. The second-order valence-corrected chi connectivity index (χ2v) is 3.94. The summed E-state index contributed by atoms with van der Waals surface area (Å²) < 4.78 is 24.7. The van der Waals surface area contributed by atoms with Gasteiger partial charge in [0.15, 0.2) is 0 Å². The number of rotatable bonds is 2. The zero-order valence-corrected chi connectivity index (χ0v) is 8.76. The van der Waals surface area contributed by atoms with Gasteiger partial charge in [-0.1, -0.05) is 11.6 Å². The van der Waals surface area contributed by atoms with Crippen molar-refractivity contribution in [1.82, 2.24) is 0 Å². The molecular weight excluding hydrogens is 240 g/mol. The Kier molecular flexibility index (Phi) is 2.82. The van der Waals surface area contributed by atoms with Gasteiger partial charge in [0, 0.05) is 16.3 Å². The molecule has 0 saturated carbocycles. The summed E-state index contributed by atoms with van der Waals surface area (Å²) >= 11 is 5.75. The smallest absolute Gasteiger partial charge is 0.268 e. The zero-order valence-electron chi connectivity index (χ0n) is 8.01. The molecule has 0 bridgehead atoms. The molecule has 2 N–H and O–H groups in total. The number of benzene rings is 1. The molecule has 1 aromatic rings. The minimum Gasteiger partial charge on any atom is -0.382 e. The summed E-state index contributed by atoms with van der Waals surface area (Å²) in [7, 11) is 0. The molecular formula is C10H8ClF2NO2. The van der Waals surface area contributed by atoms with Crippen molar-refractivity contribution in [3.63, 3.8) is 0 Å². The number of aliphatic hydroxyl groups is 1. The summed E-state index contributed by atoms with van der Waals surface area (Å²) in [6.07, 6.45) is -4.70. The average molecular weight is 248 g/mol. The maximum absolute atomic E-state index is 12.3. The van der Waals surface area contributed by atoms with E-state index in [9.17, 15) is 18.7 Å². The van der Waals surface area contributed by atoms with E-state index in [4.69, 9.17) is 11.6 Å². The number of hydrogen-bond donors (Lipinski definition) is 2. The lowest BCUT2D eigenvalue weighted by Gasteiger charge is -2.13. The maximum Gasteiger partial charge on any atom is 0.268 e. The molecule has 1 amide bonds. The molecule has 2 rings (SSSR count). The summed E-state index contributed by atoms with van der Waals surface area (Å²) in [5.74, 6) is -0.213. The summed E-state index contributed by atoms with van der Waals surface area (Å²) in [4.78, 5) is 11.1. The van der Waals surface area contributed by atoms with Gasteiger partial charge in [-0.2, -0.15) is 0 Å². The van der Waals surface area contributed by atoms with Crippen LogP contribution in [0.3, 0.4) is 0 Å². The van der Waals surface area contributed by atoms with Crippen LogP contribution in [-0.2, 0) is 11.2 Å². The van der Waals surface area contributed by atoms with E-state index in [1.165, 1.54) is 12.1 Å². The molecule has 3 nitrogen and oxygen atoms in total. The first kappa shape index (κ1) is 11.3. The number of carbonyl (C=O) groups is 1. The average Bonchev–Trinajstić information content (AvgIpc) is 2.54. The van der Waals surface area contributed by atoms with Crippen LogP contribution >= 0.6 is 11.6 Å². The third kappa shape index (κ3) is 1.88. The van der Waals surface area contributed by atoms with Gasteiger partial charge in [0.1, 0.15) is 6.10 Å². The number of halogens is 3. The van der Waals surface area contributed by atoms with Crippen molar-refractivity contribution in [1.29, 1.82) is 0 Å². The molecule has 1 heterocycles. The van der Waals surface area contributed by atoms with Crippen LogP contribution in [0.1, 0.15) is 17.2 Å². The lowest BCUT2D eigenvalue weighted by Crippen LogP contribution is -2.09. The monoisotopic (exact) mass is 247 g/mol. The number of amides is 1. The maximum atomic E-state index is 12.3. The highest BCUT2D eigenvalue weighted by molar-refractivity contribution is 6.32.